The minimum Gasteiger partial charge on any atom is -0.314 e. The van der Waals surface area contributed by atoms with Gasteiger partial charge in [-0.05, 0) is 32.7 Å². The molecule has 1 aromatic rings. The van der Waals surface area contributed by atoms with Gasteiger partial charge in [-0.1, -0.05) is 0 Å². The van der Waals surface area contributed by atoms with Crippen LogP contribution in [-0.2, 0) is 6.54 Å². The van der Waals surface area contributed by atoms with Crippen LogP contribution in [0.15, 0.2) is 17.1 Å². The maximum atomic E-state index is 11.7. The maximum absolute atomic E-state index is 11.7. The molecule has 2 rings (SSSR count). The molecule has 0 amide bonds. The van der Waals surface area contributed by atoms with E-state index in [4.69, 9.17) is 0 Å². The van der Waals surface area contributed by atoms with Crippen molar-refractivity contribution in [2.75, 3.05) is 6.54 Å². The van der Waals surface area contributed by atoms with Crippen LogP contribution in [0.4, 0.5) is 5.69 Å². The number of rotatable bonds is 6. The first-order valence-electron chi connectivity index (χ1n) is 6.17. The van der Waals surface area contributed by atoms with Crippen molar-refractivity contribution in [1.82, 2.24) is 9.88 Å². The average Bonchev–Trinajstić information content (AvgIpc) is 3.10. The van der Waals surface area contributed by atoms with E-state index < -0.39 is 4.92 Å². The highest BCUT2D eigenvalue weighted by Crippen LogP contribution is 2.18. The summed E-state index contributed by atoms with van der Waals surface area (Å²) in [5.41, 5.74) is 0.242. The second-order valence-corrected chi connectivity index (χ2v) is 4.71. The van der Waals surface area contributed by atoms with Crippen molar-refractivity contribution in [2.24, 2.45) is 0 Å². The van der Waals surface area contributed by atoms with Crippen molar-refractivity contribution in [3.8, 4) is 0 Å². The lowest BCUT2D eigenvalue weighted by atomic mass is 10.2. The van der Waals surface area contributed by atoms with Gasteiger partial charge in [0.1, 0.15) is 0 Å². The summed E-state index contributed by atoms with van der Waals surface area (Å²) in [6.07, 6.45) is 4.61. The molecule has 1 saturated carbocycles. The Morgan fingerprint density at radius 3 is 2.89 bits per heavy atom. The lowest BCUT2D eigenvalue weighted by molar-refractivity contribution is -0.385. The van der Waals surface area contributed by atoms with E-state index in [1.807, 2.05) is 0 Å². The van der Waals surface area contributed by atoms with Gasteiger partial charge in [-0.3, -0.25) is 14.9 Å². The molecule has 0 bridgehead atoms. The molecule has 1 aromatic heterocycles. The van der Waals surface area contributed by atoms with E-state index >= 15 is 0 Å². The molecule has 6 heteroatoms. The van der Waals surface area contributed by atoms with Crippen LogP contribution in [0, 0.1) is 17.0 Å². The molecule has 1 aliphatic rings. The van der Waals surface area contributed by atoms with Crippen molar-refractivity contribution in [3.05, 3.63) is 38.3 Å². The third-order valence-electron chi connectivity index (χ3n) is 3.09. The fraction of sp³-hybridized carbons (Fsp3) is 0.583. The highest BCUT2D eigenvalue weighted by molar-refractivity contribution is 5.35. The van der Waals surface area contributed by atoms with Crippen molar-refractivity contribution < 1.29 is 4.92 Å². The van der Waals surface area contributed by atoms with Crippen LogP contribution in [0.1, 0.15) is 24.8 Å². The highest BCUT2D eigenvalue weighted by atomic mass is 16.6. The Morgan fingerprint density at radius 2 is 2.28 bits per heavy atom. The summed E-state index contributed by atoms with van der Waals surface area (Å²) in [5, 5.41) is 14.1. The van der Waals surface area contributed by atoms with Gasteiger partial charge in [0.15, 0.2) is 0 Å². The zero-order valence-corrected chi connectivity index (χ0v) is 10.4. The molecule has 1 aliphatic carbocycles. The SMILES string of the molecule is Cc1cc(=O)n(CCCNC2CC2)cc1[N+](=O)[O-]. The molecule has 0 saturated heterocycles. The third-order valence-corrected chi connectivity index (χ3v) is 3.09. The second-order valence-electron chi connectivity index (χ2n) is 4.71. The normalized spacial score (nSPS) is 14.7. The molecule has 1 heterocycles. The Labute approximate surface area is 105 Å². The van der Waals surface area contributed by atoms with Crippen molar-refractivity contribution in [3.63, 3.8) is 0 Å². The second kappa shape index (κ2) is 5.30. The molecule has 18 heavy (non-hydrogen) atoms. The van der Waals surface area contributed by atoms with Crippen LogP contribution in [0.25, 0.3) is 0 Å². The Morgan fingerprint density at radius 1 is 1.56 bits per heavy atom. The topological polar surface area (TPSA) is 77.2 Å². The van der Waals surface area contributed by atoms with Gasteiger partial charge in [-0.25, -0.2) is 0 Å². The monoisotopic (exact) mass is 251 g/mol. The Kier molecular flexibility index (Phi) is 3.76. The number of hydrogen-bond acceptors (Lipinski definition) is 4. The third kappa shape index (κ3) is 3.16. The maximum Gasteiger partial charge on any atom is 0.288 e. The number of nitro groups is 1. The molecule has 1 fully saturated rings. The number of nitrogens with zero attached hydrogens (tertiary/aromatic N) is 2. The van der Waals surface area contributed by atoms with Gasteiger partial charge in [0.25, 0.3) is 11.2 Å². The van der Waals surface area contributed by atoms with E-state index in [1.54, 1.807) is 6.92 Å². The van der Waals surface area contributed by atoms with Gasteiger partial charge in [-0.15, -0.1) is 0 Å². The number of hydrogen-bond donors (Lipinski definition) is 1. The molecule has 0 aromatic carbocycles. The summed E-state index contributed by atoms with van der Waals surface area (Å²) in [4.78, 5) is 22.0. The van der Waals surface area contributed by atoms with Gasteiger partial charge >= 0.3 is 0 Å². The quantitative estimate of drug-likeness (QED) is 0.468. The van der Waals surface area contributed by atoms with E-state index in [0.29, 0.717) is 18.2 Å². The van der Waals surface area contributed by atoms with Crippen LogP contribution in [0.2, 0.25) is 0 Å². The number of aromatic nitrogens is 1. The summed E-state index contributed by atoms with van der Waals surface area (Å²) in [6.45, 7) is 2.94. The summed E-state index contributed by atoms with van der Waals surface area (Å²) >= 11 is 0. The lowest BCUT2D eigenvalue weighted by Gasteiger charge is -2.07. The van der Waals surface area contributed by atoms with Crippen LogP contribution in [-0.4, -0.2) is 22.1 Å². The molecular formula is C12H17N3O3. The predicted molar refractivity (Wildman–Crippen MR) is 67.7 cm³/mol. The number of pyridine rings is 1. The Hall–Kier alpha value is -1.69. The van der Waals surface area contributed by atoms with Crippen molar-refractivity contribution in [1.29, 1.82) is 0 Å². The summed E-state index contributed by atoms with van der Waals surface area (Å²) in [5.74, 6) is 0. The van der Waals surface area contributed by atoms with E-state index in [-0.39, 0.29) is 11.2 Å². The van der Waals surface area contributed by atoms with Gasteiger partial charge in [0, 0.05) is 24.2 Å². The van der Waals surface area contributed by atoms with E-state index in [9.17, 15) is 14.9 Å². The van der Waals surface area contributed by atoms with Gasteiger partial charge in [-0.2, -0.15) is 0 Å². The average molecular weight is 251 g/mol. The molecule has 6 nitrogen and oxygen atoms in total. The zero-order valence-electron chi connectivity index (χ0n) is 10.4. The first-order valence-corrected chi connectivity index (χ1v) is 6.17. The van der Waals surface area contributed by atoms with Crippen LogP contribution < -0.4 is 10.9 Å². The van der Waals surface area contributed by atoms with Crippen LogP contribution in [0.3, 0.4) is 0 Å². The molecule has 98 valence electrons. The standard InChI is InChI=1S/C12H17N3O3/c1-9-7-12(16)14(8-11(9)15(17)18)6-2-5-13-10-3-4-10/h7-8,10,13H,2-6H2,1H3. The van der Waals surface area contributed by atoms with Gasteiger partial charge in [0.05, 0.1) is 11.1 Å². The molecule has 1 N–H and O–H groups in total. The molecule has 0 spiro atoms. The predicted octanol–water partition coefficient (Wildman–Crippen LogP) is 1.21. The fourth-order valence-corrected chi connectivity index (χ4v) is 1.86. The summed E-state index contributed by atoms with van der Waals surface area (Å²) in [6, 6.07) is 1.97. The van der Waals surface area contributed by atoms with E-state index in [0.717, 1.165) is 13.0 Å². The zero-order chi connectivity index (χ0) is 13.1. The first kappa shape index (κ1) is 12.8. The van der Waals surface area contributed by atoms with Crippen molar-refractivity contribution >= 4 is 5.69 Å². The molecule has 0 unspecified atom stereocenters. The van der Waals surface area contributed by atoms with Crippen LogP contribution in [0.5, 0.6) is 0 Å². The number of nitrogens with one attached hydrogen (secondary N) is 1. The lowest BCUT2D eigenvalue weighted by Crippen LogP contribution is -2.24. The first-order chi connectivity index (χ1) is 8.58. The molecule has 0 atom stereocenters. The molecule has 0 aliphatic heterocycles. The summed E-state index contributed by atoms with van der Waals surface area (Å²) in [7, 11) is 0. The Bertz CT molecular complexity index is 506. The van der Waals surface area contributed by atoms with Crippen molar-refractivity contribution in [2.45, 2.75) is 38.8 Å². The van der Waals surface area contributed by atoms with Crippen LogP contribution >= 0.6 is 0 Å². The highest BCUT2D eigenvalue weighted by Gasteiger charge is 2.19. The minimum atomic E-state index is -0.451. The van der Waals surface area contributed by atoms with E-state index in [2.05, 4.69) is 5.32 Å². The minimum absolute atomic E-state index is 0.00440. The van der Waals surface area contributed by atoms with Gasteiger partial charge < -0.3 is 9.88 Å². The molecule has 0 radical (unpaired) electrons. The number of aryl methyl sites for hydroxylation is 2. The summed E-state index contributed by atoms with van der Waals surface area (Å²) < 4.78 is 1.42. The smallest absolute Gasteiger partial charge is 0.288 e. The largest absolute Gasteiger partial charge is 0.314 e. The molecular weight excluding hydrogens is 234 g/mol. The fourth-order valence-electron chi connectivity index (χ4n) is 1.86. The van der Waals surface area contributed by atoms with E-state index in [1.165, 1.54) is 29.7 Å². The Balaban J connectivity index is 1.99. The van der Waals surface area contributed by atoms with Gasteiger partial charge in [0.2, 0.25) is 0 Å².